The summed E-state index contributed by atoms with van der Waals surface area (Å²) in [7, 11) is 0. The van der Waals surface area contributed by atoms with Crippen LogP contribution in [0.2, 0.25) is 0 Å². The van der Waals surface area contributed by atoms with Crippen molar-refractivity contribution in [1.29, 1.82) is 0 Å². The monoisotopic (exact) mass is 553 g/mol. The lowest BCUT2D eigenvalue weighted by molar-refractivity contribution is -0.436. The van der Waals surface area contributed by atoms with Gasteiger partial charge in [0.05, 0.1) is 4.92 Å². The lowest BCUT2D eigenvalue weighted by Gasteiger charge is -2.41. The van der Waals surface area contributed by atoms with E-state index in [1.54, 1.807) is 0 Å². The van der Waals surface area contributed by atoms with Gasteiger partial charge in [-0.25, -0.2) is 0 Å². The number of nitro benzene ring substituents is 1. The maximum Gasteiger partial charge on any atom is 0.460 e. The smallest absolute Gasteiger partial charge is 0.368 e. The number of carbonyl (C=O) groups excluding carboxylic acids is 1. The number of anilines is 1. The van der Waals surface area contributed by atoms with Gasteiger partial charge in [0.25, 0.3) is 11.6 Å². The highest BCUT2D eigenvalue weighted by Crippen LogP contribution is 2.60. The van der Waals surface area contributed by atoms with E-state index in [0.717, 1.165) is 12.1 Å². The predicted molar refractivity (Wildman–Crippen MR) is 92.7 cm³/mol. The zero-order valence-electron chi connectivity index (χ0n) is 17.1. The van der Waals surface area contributed by atoms with Crippen molar-refractivity contribution in [3.8, 4) is 0 Å². The number of piperazine rings is 1. The number of amides is 1. The molecule has 1 saturated heterocycles. The number of nitrogens with zero attached hydrogens (tertiary/aromatic N) is 3. The molecule has 2 rings (SSSR count). The first-order valence-corrected chi connectivity index (χ1v) is 9.28. The summed E-state index contributed by atoms with van der Waals surface area (Å²) in [5, 5.41) is 10.6. The second-order valence-corrected chi connectivity index (χ2v) is 7.42. The van der Waals surface area contributed by atoms with Gasteiger partial charge in [0.1, 0.15) is 0 Å². The van der Waals surface area contributed by atoms with Gasteiger partial charge in [0.2, 0.25) is 0 Å². The molecule has 1 aliphatic heterocycles. The zero-order chi connectivity index (χ0) is 28.1. The summed E-state index contributed by atoms with van der Waals surface area (Å²) < 4.78 is 172. The molecule has 1 fully saturated rings. The number of halogens is 13. The Hall–Kier alpha value is -3.02. The molecule has 0 atom stereocenters. The van der Waals surface area contributed by atoms with Gasteiger partial charge in [0, 0.05) is 44.0 Å². The molecule has 0 spiro atoms. The number of rotatable bonds is 7. The number of nitro groups is 1. The fourth-order valence-electron chi connectivity index (χ4n) is 3.06. The van der Waals surface area contributed by atoms with Crippen molar-refractivity contribution in [2.24, 2.45) is 0 Å². The number of non-ortho nitro benzene ring substituents is 1. The van der Waals surface area contributed by atoms with Gasteiger partial charge >= 0.3 is 35.8 Å². The second kappa shape index (κ2) is 8.82. The molecule has 1 amide bonds. The number of benzene rings is 1. The first-order valence-electron chi connectivity index (χ1n) is 9.28. The van der Waals surface area contributed by atoms with E-state index in [2.05, 4.69) is 0 Å². The Morgan fingerprint density at radius 1 is 0.694 bits per heavy atom. The summed E-state index contributed by atoms with van der Waals surface area (Å²) in [4.78, 5) is 22.8. The van der Waals surface area contributed by atoms with Crippen LogP contribution in [0.4, 0.5) is 68.5 Å². The van der Waals surface area contributed by atoms with Crippen LogP contribution in [0.1, 0.15) is 0 Å². The lowest BCUT2D eigenvalue weighted by atomic mass is 9.93. The first-order chi connectivity index (χ1) is 16.0. The maximum atomic E-state index is 14.1. The minimum Gasteiger partial charge on any atom is -0.368 e. The molecule has 1 aliphatic rings. The number of alkyl halides is 13. The maximum absolute atomic E-state index is 14.1. The van der Waals surface area contributed by atoms with Crippen LogP contribution in [0, 0.1) is 10.1 Å². The summed E-state index contributed by atoms with van der Waals surface area (Å²) in [5.41, 5.74) is -0.131. The molecule has 0 bridgehead atoms. The molecule has 0 N–H and O–H groups in total. The molecule has 1 aromatic rings. The highest BCUT2D eigenvalue weighted by Gasteiger charge is 2.91. The quantitative estimate of drug-likeness (QED) is 0.272. The SMILES string of the molecule is O=C(N1CCN(c2ccc([N+](=O)[O-])cc2)CC1)C(F)(F)C(F)(F)C(F)(F)C(F)(F)C(F)(F)C(F)(F)F. The van der Waals surface area contributed by atoms with Crippen LogP contribution < -0.4 is 4.90 Å². The summed E-state index contributed by atoms with van der Waals surface area (Å²) in [6.07, 6.45) is -7.54. The van der Waals surface area contributed by atoms with Crippen LogP contribution >= 0.6 is 0 Å². The molecule has 0 unspecified atom stereocenters. The van der Waals surface area contributed by atoms with Gasteiger partial charge in [-0.15, -0.1) is 0 Å². The van der Waals surface area contributed by atoms with Gasteiger partial charge in [-0.2, -0.15) is 57.1 Å². The fraction of sp³-hybridized carbons (Fsp3) is 0.588. The fourth-order valence-corrected chi connectivity index (χ4v) is 3.06. The Morgan fingerprint density at radius 2 is 1.11 bits per heavy atom. The number of carbonyl (C=O) groups is 1. The van der Waals surface area contributed by atoms with Crippen LogP contribution in [0.3, 0.4) is 0 Å². The Kier molecular flexibility index (Phi) is 7.16. The van der Waals surface area contributed by atoms with E-state index in [9.17, 15) is 72.0 Å². The number of hydrogen-bond acceptors (Lipinski definition) is 4. The topological polar surface area (TPSA) is 66.7 Å². The van der Waals surface area contributed by atoms with E-state index in [1.807, 2.05) is 0 Å². The summed E-state index contributed by atoms with van der Waals surface area (Å²) >= 11 is 0. The van der Waals surface area contributed by atoms with Crippen LogP contribution in [0.5, 0.6) is 0 Å². The Bertz CT molecular complexity index is 988. The van der Waals surface area contributed by atoms with E-state index in [0.29, 0.717) is 0 Å². The molecule has 1 aromatic carbocycles. The van der Waals surface area contributed by atoms with Gasteiger partial charge in [-0.05, 0) is 12.1 Å². The minimum atomic E-state index is -8.08. The van der Waals surface area contributed by atoms with Crippen molar-refractivity contribution in [2.45, 2.75) is 35.8 Å². The summed E-state index contributed by atoms with van der Waals surface area (Å²) in [6.45, 7) is -2.79. The summed E-state index contributed by atoms with van der Waals surface area (Å²) in [6, 6.07) is 4.42. The average Bonchev–Trinajstić information content (AvgIpc) is 2.77. The molecule has 0 saturated carbocycles. The van der Waals surface area contributed by atoms with Crippen molar-refractivity contribution < 1.29 is 66.8 Å². The molecule has 6 nitrogen and oxygen atoms in total. The van der Waals surface area contributed by atoms with Gasteiger partial charge in [-0.1, -0.05) is 0 Å². The summed E-state index contributed by atoms with van der Waals surface area (Å²) in [5.74, 6) is -41.7. The molecule has 0 aromatic heterocycles. The third-order valence-electron chi connectivity index (χ3n) is 5.19. The third-order valence-corrected chi connectivity index (χ3v) is 5.19. The molecule has 36 heavy (non-hydrogen) atoms. The molecule has 204 valence electrons. The van der Waals surface area contributed by atoms with Gasteiger partial charge in [0.15, 0.2) is 0 Å². The van der Waals surface area contributed by atoms with E-state index in [1.165, 1.54) is 17.0 Å². The van der Waals surface area contributed by atoms with Crippen LogP contribution in [-0.4, -0.2) is 77.7 Å². The Balaban J connectivity index is 2.25. The van der Waals surface area contributed by atoms with E-state index in [-0.39, 0.29) is 16.3 Å². The van der Waals surface area contributed by atoms with Crippen LogP contribution in [0.25, 0.3) is 0 Å². The Labute approximate surface area is 191 Å². The standard InChI is InChI=1S/C17H12F13N3O3/c18-12(19,13(20,21)14(22,23)15(24,25)16(26,27)17(28,29)30)11(34)32-7-5-31(6-8-32)9-1-3-10(4-2-9)33(35)36/h1-4H,5-8H2. The number of hydrogen-bond donors (Lipinski definition) is 0. The minimum absolute atomic E-state index is 0.202. The van der Waals surface area contributed by atoms with Crippen molar-refractivity contribution in [1.82, 2.24) is 4.90 Å². The second-order valence-electron chi connectivity index (χ2n) is 7.42. The zero-order valence-corrected chi connectivity index (χ0v) is 17.1. The predicted octanol–water partition coefficient (Wildman–Crippen LogP) is 4.98. The molecule has 0 aliphatic carbocycles. The van der Waals surface area contributed by atoms with Crippen LogP contribution in [-0.2, 0) is 4.79 Å². The van der Waals surface area contributed by atoms with Gasteiger partial charge < -0.3 is 9.80 Å². The molecule has 0 radical (unpaired) electrons. The van der Waals surface area contributed by atoms with Crippen LogP contribution in [0.15, 0.2) is 24.3 Å². The van der Waals surface area contributed by atoms with E-state index >= 15 is 0 Å². The molecule has 1 heterocycles. The van der Waals surface area contributed by atoms with E-state index in [4.69, 9.17) is 0 Å². The Morgan fingerprint density at radius 3 is 1.50 bits per heavy atom. The first kappa shape index (κ1) is 29.2. The lowest BCUT2D eigenvalue weighted by Crippen LogP contribution is -2.72. The van der Waals surface area contributed by atoms with E-state index < -0.39 is 72.8 Å². The highest BCUT2D eigenvalue weighted by molar-refractivity contribution is 5.85. The average molecular weight is 553 g/mol. The van der Waals surface area contributed by atoms with Crippen molar-refractivity contribution in [3.63, 3.8) is 0 Å². The van der Waals surface area contributed by atoms with Crippen molar-refractivity contribution in [3.05, 3.63) is 34.4 Å². The van der Waals surface area contributed by atoms with Crippen molar-refractivity contribution >= 4 is 17.3 Å². The molecule has 19 heteroatoms. The van der Waals surface area contributed by atoms with Crippen molar-refractivity contribution in [2.75, 3.05) is 31.1 Å². The molecular weight excluding hydrogens is 541 g/mol. The normalized spacial score (nSPS) is 16.8. The highest BCUT2D eigenvalue weighted by atomic mass is 19.4. The largest absolute Gasteiger partial charge is 0.460 e. The molecular formula is C17H12F13N3O3. The third kappa shape index (κ3) is 4.35. The van der Waals surface area contributed by atoms with Gasteiger partial charge in [-0.3, -0.25) is 14.9 Å².